The van der Waals surface area contributed by atoms with Gasteiger partial charge in [-0.15, -0.1) is 13.2 Å². The average molecular weight is 248 g/mol. The molecule has 1 rings (SSSR count). The van der Waals surface area contributed by atoms with Gasteiger partial charge in [-0.05, 0) is 13.0 Å². The highest BCUT2D eigenvalue weighted by Gasteiger charge is 2.33. The molecule has 1 heterocycles. The van der Waals surface area contributed by atoms with Crippen LogP contribution >= 0.6 is 0 Å². The van der Waals surface area contributed by atoms with Gasteiger partial charge in [0.25, 0.3) is 0 Å². The first kappa shape index (κ1) is 13.2. The summed E-state index contributed by atoms with van der Waals surface area (Å²) in [7, 11) is 0. The van der Waals surface area contributed by atoms with Crippen LogP contribution in [0.4, 0.5) is 17.6 Å². The normalized spacial score (nSPS) is 11.1. The number of ether oxygens (including phenoxy) is 1. The van der Waals surface area contributed by atoms with E-state index in [1.54, 1.807) is 6.07 Å². The quantitative estimate of drug-likeness (QED) is 0.772. The van der Waals surface area contributed by atoms with Crippen LogP contribution in [0.3, 0.4) is 0 Å². The first-order chi connectivity index (χ1) is 7.87. The minimum atomic E-state index is -4.89. The summed E-state index contributed by atoms with van der Waals surface area (Å²) in [5, 5.41) is 8.47. The van der Waals surface area contributed by atoms with Gasteiger partial charge in [0, 0.05) is 16.8 Å². The molecule has 0 aliphatic heterocycles. The van der Waals surface area contributed by atoms with Gasteiger partial charge in [-0.2, -0.15) is 5.26 Å². The van der Waals surface area contributed by atoms with Crippen LogP contribution in [0.2, 0.25) is 0 Å². The van der Waals surface area contributed by atoms with Crippen molar-refractivity contribution in [1.82, 2.24) is 4.98 Å². The van der Waals surface area contributed by atoms with Crippen molar-refractivity contribution in [1.29, 1.82) is 5.26 Å². The van der Waals surface area contributed by atoms with E-state index in [4.69, 9.17) is 5.26 Å². The zero-order valence-electron chi connectivity index (χ0n) is 8.81. The monoisotopic (exact) mass is 248 g/mol. The van der Waals surface area contributed by atoms with E-state index in [9.17, 15) is 17.6 Å². The molecule has 17 heavy (non-hydrogen) atoms. The molecule has 0 bridgehead atoms. The Morgan fingerprint density at radius 2 is 2.06 bits per heavy atom. The Hall–Kier alpha value is -1.84. The SMILES string of the molecule is Cc1nc(OC(F)(F)F)c(CC#N)cc1CF. The summed E-state index contributed by atoms with van der Waals surface area (Å²) in [5.74, 6) is -0.700. The number of hydrogen-bond donors (Lipinski definition) is 0. The lowest BCUT2D eigenvalue weighted by atomic mass is 10.1. The standard InChI is InChI=1S/C10H8F4N2O/c1-6-8(5-11)4-7(2-3-15)9(16-6)17-10(12,13)14/h4H,2,5H2,1H3. The molecule has 0 aliphatic rings. The van der Waals surface area contributed by atoms with Crippen LogP contribution in [-0.2, 0) is 13.1 Å². The van der Waals surface area contributed by atoms with Gasteiger partial charge in [0.1, 0.15) is 6.67 Å². The average Bonchev–Trinajstić information content (AvgIpc) is 2.20. The van der Waals surface area contributed by atoms with Crippen LogP contribution in [-0.4, -0.2) is 11.3 Å². The summed E-state index contributed by atoms with van der Waals surface area (Å²) < 4.78 is 52.3. The van der Waals surface area contributed by atoms with E-state index < -0.39 is 18.9 Å². The highest BCUT2D eigenvalue weighted by atomic mass is 19.4. The predicted octanol–water partition coefficient (Wildman–Crippen LogP) is 2.82. The van der Waals surface area contributed by atoms with E-state index in [2.05, 4.69) is 9.72 Å². The maximum Gasteiger partial charge on any atom is 0.574 e. The maximum atomic E-state index is 12.5. The van der Waals surface area contributed by atoms with E-state index in [0.29, 0.717) is 0 Å². The van der Waals surface area contributed by atoms with Gasteiger partial charge in [0.15, 0.2) is 0 Å². The summed E-state index contributed by atoms with van der Waals surface area (Å²) in [6.07, 6.45) is -5.22. The second-order valence-corrected chi connectivity index (χ2v) is 3.21. The minimum Gasteiger partial charge on any atom is -0.388 e. The lowest BCUT2D eigenvalue weighted by molar-refractivity contribution is -0.276. The Morgan fingerprint density at radius 1 is 1.41 bits per heavy atom. The fraction of sp³-hybridized carbons (Fsp3) is 0.400. The molecular formula is C10H8F4N2O. The van der Waals surface area contributed by atoms with Crippen molar-refractivity contribution in [2.75, 3.05) is 0 Å². The van der Waals surface area contributed by atoms with Gasteiger partial charge < -0.3 is 4.74 Å². The van der Waals surface area contributed by atoms with Crippen molar-refractivity contribution >= 4 is 0 Å². The lowest BCUT2D eigenvalue weighted by Crippen LogP contribution is -2.19. The molecule has 0 unspecified atom stereocenters. The predicted molar refractivity (Wildman–Crippen MR) is 49.8 cm³/mol. The number of nitrogens with zero attached hydrogens (tertiary/aromatic N) is 2. The van der Waals surface area contributed by atoms with Crippen LogP contribution in [0.15, 0.2) is 6.07 Å². The third-order valence-corrected chi connectivity index (χ3v) is 1.98. The summed E-state index contributed by atoms with van der Waals surface area (Å²) >= 11 is 0. The molecule has 1 aromatic heterocycles. The van der Waals surface area contributed by atoms with Crippen LogP contribution in [0.5, 0.6) is 5.88 Å². The number of rotatable bonds is 3. The summed E-state index contributed by atoms with van der Waals surface area (Å²) in [6, 6.07) is 2.83. The largest absolute Gasteiger partial charge is 0.574 e. The summed E-state index contributed by atoms with van der Waals surface area (Å²) in [4.78, 5) is 3.51. The molecule has 3 nitrogen and oxygen atoms in total. The molecule has 0 fully saturated rings. The Balaban J connectivity index is 3.19. The van der Waals surface area contributed by atoms with Crippen molar-refractivity contribution in [2.24, 2.45) is 0 Å². The molecule has 0 radical (unpaired) electrons. The third kappa shape index (κ3) is 3.59. The number of aryl methyl sites for hydroxylation is 1. The van der Waals surface area contributed by atoms with E-state index in [1.165, 1.54) is 6.92 Å². The van der Waals surface area contributed by atoms with Crippen LogP contribution in [0.25, 0.3) is 0 Å². The van der Waals surface area contributed by atoms with E-state index in [0.717, 1.165) is 6.07 Å². The van der Waals surface area contributed by atoms with Crippen LogP contribution in [0, 0.1) is 18.3 Å². The molecule has 0 spiro atoms. The Kier molecular flexibility index (Phi) is 3.89. The third-order valence-electron chi connectivity index (χ3n) is 1.98. The van der Waals surface area contributed by atoms with Gasteiger partial charge in [-0.25, -0.2) is 9.37 Å². The molecular weight excluding hydrogens is 240 g/mol. The summed E-state index contributed by atoms with van der Waals surface area (Å²) in [5.41, 5.74) is 0.168. The molecule has 0 amide bonds. The maximum absolute atomic E-state index is 12.5. The van der Waals surface area contributed by atoms with Gasteiger partial charge >= 0.3 is 6.36 Å². The zero-order chi connectivity index (χ0) is 13.1. The Bertz CT molecular complexity index is 451. The number of halogens is 4. The molecule has 7 heteroatoms. The highest BCUT2D eigenvalue weighted by molar-refractivity contribution is 5.35. The number of aromatic nitrogens is 1. The number of hydrogen-bond acceptors (Lipinski definition) is 3. The van der Waals surface area contributed by atoms with Gasteiger partial charge in [0.05, 0.1) is 12.5 Å². The van der Waals surface area contributed by atoms with Gasteiger partial charge in [-0.3, -0.25) is 0 Å². The fourth-order valence-electron chi connectivity index (χ4n) is 1.22. The molecule has 92 valence electrons. The number of nitriles is 1. The van der Waals surface area contributed by atoms with E-state index >= 15 is 0 Å². The molecule has 0 aliphatic carbocycles. The number of alkyl halides is 4. The van der Waals surface area contributed by atoms with Crippen molar-refractivity contribution in [2.45, 2.75) is 26.4 Å². The highest BCUT2D eigenvalue weighted by Crippen LogP contribution is 2.26. The Labute approximate surface area is 94.6 Å². The summed E-state index contributed by atoms with van der Waals surface area (Å²) in [6.45, 7) is 0.512. The fourth-order valence-corrected chi connectivity index (χ4v) is 1.22. The molecule has 0 saturated carbocycles. The molecule has 1 aromatic rings. The van der Waals surface area contributed by atoms with E-state index in [-0.39, 0.29) is 23.2 Å². The van der Waals surface area contributed by atoms with E-state index in [1.807, 2.05) is 0 Å². The topological polar surface area (TPSA) is 45.9 Å². The first-order valence-corrected chi connectivity index (χ1v) is 4.55. The molecule has 0 N–H and O–H groups in total. The van der Waals surface area contributed by atoms with Crippen molar-refractivity contribution in [3.63, 3.8) is 0 Å². The van der Waals surface area contributed by atoms with Crippen molar-refractivity contribution in [3.8, 4) is 11.9 Å². The second kappa shape index (κ2) is 4.99. The smallest absolute Gasteiger partial charge is 0.388 e. The zero-order valence-corrected chi connectivity index (χ0v) is 8.81. The van der Waals surface area contributed by atoms with Crippen molar-refractivity contribution < 1.29 is 22.3 Å². The number of pyridine rings is 1. The van der Waals surface area contributed by atoms with Crippen LogP contribution < -0.4 is 4.74 Å². The van der Waals surface area contributed by atoms with Gasteiger partial charge in [-0.1, -0.05) is 0 Å². The second-order valence-electron chi connectivity index (χ2n) is 3.21. The molecule has 0 saturated heterocycles. The minimum absolute atomic E-state index is 0.0805. The lowest BCUT2D eigenvalue weighted by Gasteiger charge is -2.13. The Morgan fingerprint density at radius 3 is 2.53 bits per heavy atom. The molecule has 0 atom stereocenters. The molecule has 0 aromatic carbocycles. The van der Waals surface area contributed by atoms with Crippen LogP contribution in [0.1, 0.15) is 16.8 Å². The van der Waals surface area contributed by atoms with Gasteiger partial charge in [0.2, 0.25) is 5.88 Å². The first-order valence-electron chi connectivity index (χ1n) is 4.55. The van der Waals surface area contributed by atoms with Crippen molar-refractivity contribution in [3.05, 3.63) is 22.9 Å².